The van der Waals surface area contributed by atoms with E-state index in [1.807, 2.05) is 12.1 Å². The first kappa shape index (κ1) is 19.0. The Kier molecular flexibility index (Phi) is 5.46. The third-order valence-electron chi connectivity index (χ3n) is 5.33. The molecule has 0 saturated carbocycles. The Morgan fingerprint density at radius 3 is 2.31 bits per heavy atom. The number of anilines is 4. The highest BCUT2D eigenvalue weighted by molar-refractivity contribution is 5.58. The van der Waals surface area contributed by atoms with Gasteiger partial charge in [0.05, 0.1) is 13.3 Å². The summed E-state index contributed by atoms with van der Waals surface area (Å²) >= 11 is 0. The number of piperazine rings is 1. The molecule has 2 aromatic carbocycles. The van der Waals surface area contributed by atoms with E-state index in [-0.39, 0.29) is 0 Å². The summed E-state index contributed by atoms with van der Waals surface area (Å²) in [5.74, 6) is 2.24. The fourth-order valence-corrected chi connectivity index (χ4v) is 3.41. The van der Waals surface area contributed by atoms with Crippen molar-refractivity contribution in [3.8, 4) is 5.75 Å². The molecule has 0 amide bonds. The molecule has 1 aliphatic rings. The number of aryl methyl sites for hydroxylation is 2. The van der Waals surface area contributed by atoms with E-state index in [0.29, 0.717) is 11.8 Å². The molecule has 2 heterocycles. The van der Waals surface area contributed by atoms with Crippen molar-refractivity contribution in [3.05, 3.63) is 59.8 Å². The molecule has 7 heteroatoms. The minimum atomic E-state index is 0.660. The molecule has 29 heavy (non-hydrogen) atoms. The van der Waals surface area contributed by atoms with Gasteiger partial charge in [-0.1, -0.05) is 6.07 Å². The maximum absolute atomic E-state index is 5.24. The number of ether oxygens (including phenoxy) is 1. The van der Waals surface area contributed by atoms with Crippen LogP contribution in [0.2, 0.25) is 0 Å². The molecule has 0 unspecified atom stereocenters. The van der Waals surface area contributed by atoms with Crippen LogP contribution < -0.4 is 19.9 Å². The van der Waals surface area contributed by atoms with Crippen molar-refractivity contribution in [2.45, 2.75) is 13.8 Å². The Labute approximate surface area is 171 Å². The SMILES string of the molecule is COc1ccc(N2CCN(c3nncc(Nc4ccc(C)c(C)c4)n3)CC2)cc1. The molecule has 0 aliphatic carbocycles. The van der Waals surface area contributed by atoms with Crippen molar-refractivity contribution in [1.82, 2.24) is 15.2 Å². The lowest BCUT2D eigenvalue weighted by Crippen LogP contribution is -2.47. The number of benzene rings is 2. The van der Waals surface area contributed by atoms with Gasteiger partial charge in [-0.15, -0.1) is 5.10 Å². The van der Waals surface area contributed by atoms with Crippen LogP contribution in [-0.4, -0.2) is 48.5 Å². The van der Waals surface area contributed by atoms with Gasteiger partial charge in [0.25, 0.3) is 0 Å². The van der Waals surface area contributed by atoms with Crippen LogP contribution in [0.1, 0.15) is 11.1 Å². The van der Waals surface area contributed by atoms with E-state index in [4.69, 9.17) is 4.74 Å². The smallest absolute Gasteiger partial charge is 0.247 e. The number of methoxy groups -OCH3 is 1. The number of hydrogen-bond donors (Lipinski definition) is 1. The summed E-state index contributed by atoms with van der Waals surface area (Å²) in [7, 11) is 1.69. The molecular formula is C22H26N6O. The van der Waals surface area contributed by atoms with Crippen molar-refractivity contribution < 1.29 is 4.74 Å². The Balaban J connectivity index is 1.40. The predicted molar refractivity (Wildman–Crippen MR) is 116 cm³/mol. The van der Waals surface area contributed by atoms with Crippen LogP contribution in [-0.2, 0) is 0 Å². The molecule has 150 valence electrons. The minimum Gasteiger partial charge on any atom is -0.497 e. The topological polar surface area (TPSA) is 66.4 Å². The Morgan fingerprint density at radius 1 is 0.897 bits per heavy atom. The van der Waals surface area contributed by atoms with Gasteiger partial charge in [0.2, 0.25) is 5.95 Å². The van der Waals surface area contributed by atoms with Crippen molar-refractivity contribution in [2.24, 2.45) is 0 Å². The van der Waals surface area contributed by atoms with E-state index in [2.05, 4.69) is 74.5 Å². The summed E-state index contributed by atoms with van der Waals surface area (Å²) < 4.78 is 5.24. The first-order valence-electron chi connectivity index (χ1n) is 9.80. The minimum absolute atomic E-state index is 0.660. The summed E-state index contributed by atoms with van der Waals surface area (Å²) in [5, 5.41) is 11.7. The van der Waals surface area contributed by atoms with Crippen molar-refractivity contribution in [2.75, 3.05) is 48.4 Å². The van der Waals surface area contributed by atoms with Crippen LogP contribution in [0.15, 0.2) is 48.7 Å². The number of nitrogens with one attached hydrogen (secondary N) is 1. The average Bonchev–Trinajstić information content (AvgIpc) is 2.77. The van der Waals surface area contributed by atoms with Crippen molar-refractivity contribution >= 4 is 23.1 Å². The van der Waals surface area contributed by atoms with Crippen LogP contribution in [0.25, 0.3) is 0 Å². The van der Waals surface area contributed by atoms with Gasteiger partial charge in [-0.25, -0.2) is 0 Å². The second-order valence-corrected chi connectivity index (χ2v) is 7.24. The standard InChI is InChI=1S/C22H26N6O/c1-16-4-5-18(14-17(16)2)24-21-15-23-26-22(25-21)28-12-10-27(11-13-28)19-6-8-20(29-3)9-7-19/h4-9,14-15H,10-13H2,1-3H3,(H,24,25,26). The molecule has 1 N–H and O–H groups in total. The highest BCUT2D eigenvalue weighted by Crippen LogP contribution is 2.22. The van der Waals surface area contributed by atoms with E-state index < -0.39 is 0 Å². The van der Waals surface area contributed by atoms with Crippen molar-refractivity contribution in [1.29, 1.82) is 0 Å². The predicted octanol–water partition coefficient (Wildman–Crippen LogP) is 3.57. The third kappa shape index (κ3) is 4.39. The van der Waals surface area contributed by atoms with E-state index in [1.165, 1.54) is 16.8 Å². The van der Waals surface area contributed by atoms with Gasteiger partial charge < -0.3 is 19.9 Å². The maximum atomic E-state index is 5.24. The average molecular weight is 390 g/mol. The van der Waals surface area contributed by atoms with Gasteiger partial charge in [-0.3, -0.25) is 0 Å². The van der Waals surface area contributed by atoms with Crippen LogP contribution in [0.3, 0.4) is 0 Å². The monoisotopic (exact) mass is 390 g/mol. The summed E-state index contributed by atoms with van der Waals surface area (Å²) in [5.41, 5.74) is 4.72. The van der Waals surface area contributed by atoms with E-state index >= 15 is 0 Å². The quantitative estimate of drug-likeness (QED) is 0.714. The molecule has 1 aromatic heterocycles. The lowest BCUT2D eigenvalue weighted by Gasteiger charge is -2.36. The molecule has 0 bridgehead atoms. The first-order valence-corrected chi connectivity index (χ1v) is 9.80. The second-order valence-electron chi connectivity index (χ2n) is 7.24. The summed E-state index contributed by atoms with van der Waals surface area (Å²) in [6.07, 6.45) is 1.66. The van der Waals surface area contributed by atoms with Gasteiger partial charge in [0.15, 0.2) is 5.82 Å². The molecular weight excluding hydrogens is 364 g/mol. The highest BCUT2D eigenvalue weighted by Gasteiger charge is 2.20. The Morgan fingerprint density at radius 2 is 1.62 bits per heavy atom. The number of rotatable bonds is 5. The van der Waals surface area contributed by atoms with Gasteiger partial charge in [-0.2, -0.15) is 10.1 Å². The van der Waals surface area contributed by atoms with Crippen LogP contribution in [0, 0.1) is 13.8 Å². The normalized spacial score (nSPS) is 14.0. The summed E-state index contributed by atoms with van der Waals surface area (Å²) in [4.78, 5) is 9.21. The molecule has 1 fully saturated rings. The highest BCUT2D eigenvalue weighted by atomic mass is 16.5. The Bertz CT molecular complexity index is 967. The lowest BCUT2D eigenvalue weighted by atomic mass is 10.1. The zero-order valence-corrected chi connectivity index (χ0v) is 17.1. The van der Waals surface area contributed by atoms with Gasteiger partial charge in [0.1, 0.15) is 5.75 Å². The first-order chi connectivity index (χ1) is 14.1. The lowest BCUT2D eigenvalue weighted by molar-refractivity contribution is 0.415. The van der Waals surface area contributed by atoms with E-state index in [9.17, 15) is 0 Å². The van der Waals surface area contributed by atoms with Crippen LogP contribution >= 0.6 is 0 Å². The van der Waals surface area contributed by atoms with E-state index in [0.717, 1.165) is 37.6 Å². The molecule has 3 aromatic rings. The zero-order valence-electron chi connectivity index (χ0n) is 17.1. The fourth-order valence-electron chi connectivity index (χ4n) is 3.41. The number of nitrogens with zero attached hydrogens (tertiary/aromatic N) is 5. The molecule has 0 spiro atoms. The largest absolute Gasteiger partial charge is 0.497 e. The fraction of sp³-hybridized carbons (Fsp3) is 0.318. The molecule has 0 radical (unpaired) electrons. The molecule has 4 rings (SSSR count). The van der Waals surface area contributed by atoms with Gasteiger partial charge >= 0.3 is 0 Å². The zero-order chi connectivity index (χ0) is 20.2. The molecule has 1 saturated heterocycles. The molecule has 0 atom stereocenters. The number of aromatic nitrogens is 3. The van der Waals surface area contributed by atoms with Gasteiger partial charge in [-0.05, 0) is 61.4 Å². The summed E-state index contributed by atoms with van der Waals surface area (Å²) in [6.45, 7) is 7.72. The molecule has 7 nitrogen and oxygen atoms in total. The summed E-state index contributed by atoms with van der Waals surface area (Å²) in [6, 6.07) is 14.5. The maximum Gasteiger partial charge on any atom is 0.247 e. The molecule has 1 aliphatic heterocycles. The Hall–Kier alpha value is -3.35. The number of hydrogen-bond acceptors (Lipinski definition) is 7. The van der Waals surface area contributed by atoms with Crippen molar-refractivity contribution in [3.63, 3.8) is 0 Å². The van der Waals surface area contributed by atoms with E-state index in [1.54, 1.807) is 13.3 Å². The second kappa shape index (κ2) is 8.34. The van der Waals surface area contributed by atoms with Gasteiger partial charge in [0, 0.05) is 37.6 Å². The van der Waals surface area contributed by atoms with Crippen LogP contribution in [0.5, 0.6) is 5.75 Å². The third-order valence-corrected chi connectivity index (χ3v) is 5.33. The van der Waals surface area contributed by atoms with Crippen LogP contribution in [0.4, 0.5) is 23.1 Å².